The Bertz CT molecular complexity index is 397. The van der Waals surface area contributed by atoms with Gasteiger partial charge in [-0.25, -0.2) is 4.39 Å². The molecule has 0 fully saturated rings. The van der Waals surface area contributed by atoms with Crippen LogP contribution >= 0.6 is 0 Å². The fraction of sp³-hybridized carbons (Fsp3) is 0.273. The van der Waals surface area contributed by atoms with Gasteiger partial charge in [-0.2, -0.15) is 13.2 Å². The summed E-state index contributed by atoms with van der Waals surface area (Å²) in [6.45, 7) is 1.83. The third-order valence-corrected chi connectivity index (χ3v) is 1.90. The lowest BCUT2D eigenvalue weighted by Gasteiger charge is -2.07. The Morgan fingerprint density at radius 1 is 1.25 bits per heavy atom. The van der Waals surface area contributed by atoms with Crippen LogP contribution in [0.3, 0.4) is 0 Å². The molecule has 88 valence electrons. The Labute approximate surface area is 90.3 Å². The second kappa shape index (κ2) is 5.53. The molecular weight excluding hydrogens is 224 g/mol. The standard InChI is InChI=1S/C11H10F4O/c1-2-16-8-5-3-7(4-6-9(12)13)10(14)11(8)15/h3,5-6H,2,4H2,1H3. The van der Waals surface area contributed by atoms with Crippen molar-refractivity contribution in [3.8, 4) is 5.75 Å². The summed E-state index contributed by atoms with van der Waals surface area (Å²) < 4.78 is 54.9. The first-order chi connectivity index (χ1) is 7.56. The second-order valence-electron chi connectivity index (χ2n) is 2.98. The van der Waals surface area contributed by atoms with E-state index in [2.05, 4.69) is 0 Å². The lowest BCUT2D eigenvalue weighted by Crippen LogP contribution is -2.00. The van der Waals surface area contributed by atoms with Gasteiger partial charge < -0.3 is 4.74 Å². The van der Waals surface area contributed by atoms with Crippen molar-refractivity contribution in [1.82, 2.24) is 0 Å². The fourth-order valence-corrected chi connectivity index (χ4v) is 1.18. The van der Waals surface area contributed by atoms with E-state index in [0.29, 0.717) is 6.08 Å². The number of rotatable bonds is 4. The van der Waals surface area contributed by atoms with Gasteiger partial charge in [-0.1, -0.05) is 6.07 Å². The number of allylic oxidation sites excluding steroid dienone is 1. The summed E-state index contributed by atoms with van der Waals surface area (Å²) >= 11 is 0. The summed E-state index contributed by atoms with van der Waals surface area (Å²) in [4.78, 5) is 0. The van der Waals surface area contributed by atoms with Crippen LogP contribution in [-0.2, 0) is 6.42 Å². The molecule has 1 aromatic carbocycles. The lowest BCUT2D eigenvalue weighted by atomic mass is 10.1. The van der Waals surface area contributed by atoms with Crippen LogP contribution in [0.5, 0.6) is 5.75 Å². The van der Waals surface area contributed by atoms with E-state index in [1.54, 1.807) is 6.92 Å². The quantitative estimate of drug-likeness (QED) is 0.722. The first-order valence-electron chi connectivity index (χ1n) is 4.67. The van der Waals surface area contributed by atoms with Crippen molar-refractivity contribution in [2.24, 2.45) is 0 Å². The SMILES string of the molecule is CCOc1ccc(CC=C(F)F)c(F)c1F. The number of benzene rings is 1. The van der Waals surface area contributed by atoms with Crippen molar-refractivity contribution >= 4 is 0 Å². The van der Waals surface area contributed by atoms with E-state index in [9.17, 15) is 17.6 Å². The molecule has 1 rings (SSSR count). The zero-order chi connectivity index (χ0) is 12.1. The van der Waals surface area contributed by atoms with Gasteiger partial charge in [-0.15, -0.1) is 0 Å². The maximum atomic E-state index is 13.3. The normalized spacial score (nSPS) is 10.1. The average Bonchev–Trinajstić information content (AvgIpc) is 2.24. The molecule has 0 saturated heterocycles. The molecule has 0 atom stereocenters. The highest BCUT2D eigenvalue weighted by atomic mass is 19.3. The summed E-state index contributed by atoms with van der Waals surface area (Å²) in [5.74, 6) is -2.51. The Balaban J connectivity index is 2.97. The largest absolute Gasteiger partial charge is 0.491 e. The van der Waals surface area contributed by atoms with Crippen molar-refractivity contribution in [1.29, 1.82) is 0 Å². The van der Waals surface area contributed by atoms with Gasteiger partial charge in [0.15, 0.2) is 11.6 Å². The summed E-state index contributed by atoms with van der Waals surface area (Å²) in [5.41, 5.74) is -0.131. The van der Waals surface area contributed by atoms with Crippen molar-refractivity contribution in [2.75, 3.05) is 6.61 Å². The molecule has 5 heteroatoms. The number of hydrogen-bond donors (Lipinski definition) is 0. The van der Waals surface area contributed by atoms with Gasteiger partial charge in [0, 0.05) is 0 Å². The highest BCUT2D eigenvalue weighted by molar-refractivity contribution is 5.32. The van der Waals surface area contributed by atoms with Crippen LogP contribution in [0, 0.1) is 11.6 Å². The van der Waals surface area contributed by atoms with E-state index in [1.807, 2.05) is 0 Å². The summed E-state index contributed by atoms with van der Waals surface area (Å²) in [5, 5.41) is 0. The molecule has 0 aromatic heterocycles. The summed E-state index contributed by atoms with van der Waals surface area (Å²) in [7, 11) is 0. The summed E-state index contributed by atoms with van der Waals surface area (Å²) in [6, 6.07) is 2.45. The monoisotopic (exact) mass is 234 g/mol. The first-order valence-corrected chi connectivity index (χ1v) is 4.67. The Morgan fingerprint density at radius 2 is 1.94 bits per heavy atom. The smallest absolute Gasteiger partial charge is 0.266 e. The van der Waals surface area contributed by atoms with Crippen molar-refractivity contribution in [3.05, 3.63) is 41.5 Å². The molecule has 0 aliphatic rings. The van der Waals surface area contributed by atoms with Crippen molar-refractivity contribution < 1.29 is 22.3 Å². The van der Waals surface area contributed by atoms with E-state index >= 15 is 0 Å². The van der Waals surface area contributed by atoms with Crippen LogP contribution < -0.4 is 4.74 Å². The van der Waals surface area contributed by atoms with Crippen LogP contribution in [0.4, 0.5) is 17.6 Å². The van der Waals surface area contributed by atoms with Crippen LogP contribution in [0.2, 0.25) is 0 Å². The summed E-state index contributed by atoms with van der Waals surface area (Å²) in [6.07, 6.45) is -1.75. The molecule has 0 amide bonds. The Kier molecular flexibility index (Phi) is 4.34. The molecule has 1 aromatic rings. The molecule has 0 aliphatic carbocycles. The van der Waals surface area contributed by atoms with Gasteiger partial charge in [-0.05, 0) is 31.1 Å². The highest BCUT2D eigenvalue weighted by Gasteiger charge is 2.13. The molecule has 0 saturated carbocycles. The first kappa shape index (κ1) is 12.5. The zero-order valence-corrected chi connectivity index (χ0v) is 8.57. The van der Waals surface area contributed by atoms with Gasteiger partial charge in [-0.3, -0.25) is 0 Å². The lowest BCUT2D eigenvalue weighted by molar-refractivity contribution is 0.313. The number of hydrogen-bond acceptors (Lipinski definition) is 1. The van der Waals surface area contributed by atoms with E-state index in [-0.39, 0.29) is 24.3 Å². The minimum Gasteiger partial charge on any atom is -0.491 e. The molecule has 0 aliphatic heterocycles. The molecule has 0 radical (unpaired) electrons. The van der Waals surface area contributed by atoms with Gasteiger partial charge in [0.25, 0.3) is 6.08 Å². The molecular formula is C11H10F4O. The number of halogens is 4. The van der Waals surface area contributed by atoms with Crippen LogP contribution in [0.15, 0.2) is 24.3 Å². The maximum absolute atomic E-state index is 13.3. The van der Waals surface area contributed by atoms with Crippen LogP contribution in [0.1, 0.15) is 12.5 Å². The van der Waals surface area contributed by atoms with Gasteiger partial charge in [0.05, 0.1) is 6.61 Å². The van der Waals surface area contributed by atoms with Crippen molar-refractivity contribution in [2.45, 2.75) is 13.3 Å². The van der Waals surface area contributed by atoms with E-state index in [4.69, 9.17) is 4.74 Å². The third-order valence-electron chi connectivity index (χ3n) is 1.90. The topological polar surface area (TPSA) is 9.23 Å². The molecule has 1 nitrogen and oxygen atoms in total. The third kappa shape index (κ3) is 2.98. The molecule has 16 heavy (non-hydrogen) atoms. The van der Waals surface area contributed by atoms with Crippen molar-refractivity contribution in [3.63, 3.8) is 0 Å². The fourth-order valence-electron chi connectivity index (χ4n) is 1.18. The minimum atomic E-state index is -1.92. The molecule has 0 bridgehead atoms. The van der Waals surface area contributed by atoms with Crippen LogP contribution in [-0.4, -0.2) is 6.61 Å². The second-order valence-corrected chi connectivity index (χ2v) is 2.98. The Hall–Kier alpha value is -1.52. The van der Waals surface area contributed by atoms with Gasteiger partial charge >= 0.3 is 0 Å². The van der Waals surface area contributed by atoms with Crippen LogP contribution in [0.25, 0.3) is 0 Å². The van der Waals surface area contributed by atoms with E-state index in [1.165, 1.54) is 12.1 Å². The highest BCUT2D eigenvalue weighted by Crippen LogP contribution is 2.23. The number of ether oxygens (including phenoxy) is 1. The molecule has 0 spiro atoms. The van der Waals surface area contributed by atoms with Gasteiger partial charge in [0.1, 0.15) is 0 Å². The zero-order valence-electron chi connectivity index (χ0n) is 8.57. The van der Waals surface area contributed by atoms with E-state index in [0.717, 1.165) is 0 Å². The van der Waals surface area contributed by atoms with E-state index < -0.39 is 17.7 Å². The average molecular weight is 234 g/mol. The molecule has 0 heterocycles. The predicted molar refractivity (Wildman–Crippen MR) is 51.5 cm³/mol. The Morgan fingerprint density at radius 3 is 2.50 bits per heavy atom. The molecule has 0 unspecified atom stereocenters. The predicted octanol–water partition coefficient (Wildman–Crippen LogP) is 3.69. The van der Waals surface area contributed by atoms with Gasteiger partial charge in [0.2, 0.25) is 5.82 Å². The minimum absolute atomic E-state index is 0.131. The molecule has 0 N–H and O–H groups in total. The maximum Gasteiger partial charge on any atom is 0.266 e.